The third-order valence-corrected chi connectivity index (χ3v) is 1.42. The Balaban J connectivity index is 2.79. The van der Waals surface area contributed by atoms with Crippen LogP contribution in [0.5, 0.6) is 0 Å². The highest BCUT2D eigenvalue weighted by molar-refractivity contribution is 5.41. The van der Waals surface area contributed by atoms with Crippen molar-refractivity contribution in [3.8, 4) is 0 Å². The van der Waals surface area contributed by atoms with E-state index in [1.165, 1.54) is 6.33 Å². The molecule has 5 heteroatoms. The highest BCUT2D eigenvalue weighted by Gasteiger charge is 1.98. The quantitative estimate of drug-likeness (QED) is 0.627. The van der Waals surface area contributed by atoms with E-state index >= 15 is 0 Å². The van der Waals surface area contributed by atoms with Crippen molar-refractivity contribution in [2.75, 3.05) is 12.4 Å². The molecule has 0 saturated heterocycles. The maximum Gasteiger partial charge on any atom is 0.225 e. The van der Waals surface area contributed by atoms with Crippen LogP contribution >= 0.6 is 0 Å². The maximum absolute atomic E-state index is 4.05. The summed E-state index contributed by atoms with van der Waals surface area (Å²) in [5.74, 6) is 0.694. The number of aromatic nitrogens is 4. The van der Waals surface area contributed by atoms with E-state index in [1.54, 1.807) is 23.8 Å². The molecule has 0 unspecified atom stereocenters. The van der Waals surface area contributed by atoms with Gasteiger partial charge in [-0.25, -0.2) is 9.97 Å². The summed E-state index contributed by atoms with van der Waals surface area (Å²) < 4.78 is 1.64. The SMILES string of the molecule is CNc1nccc2ncnn12. The molecule has 2 aromatic heterocycles. The molecule has 0 atom stereocenters. The number of fused-ring (bicyclic) bond motifs is 1. The first-order valence-corrected chi connectivity index (χ1v) is 3.24. The van der Waals surface area contributed by atoms with Gasteiger partial charge in [-0.2, -0.15) is 9.61 Å². The summed E-state index contributed by atoms with van der Waals surface area (Å²) in [7, 11) is 1.80. The lowest BCUT2D eigenvalue weighted by atomic mass is 10.6. The van der Waals surface area contributed by atoms with Gasteiger partial charge >= 0.3 is 0 Å². The van der Waals surface area contributed by atoms with Crippen molar-refractivity contribution in [1.82, 2.24) is 19.6 Å². The van der Waals surface area contributed by atoms with Crippen LogP contribution in [0.1, 0.15) is 0 Å². The molecule has 0 aliphatic heterocycles. The van der Waals surface area contributed by atoms with Gasteiger partial charge in [0.25, 0.3) is 0 Å². The van der Waals surface area contributed by atoms with Crippen LogP contribution in [-0.2, 0) is 0 Å². The molecule has 2 heterocycles. The van der Waals surface area contributed by atoms with E-state index in [1.807, 2.05) is 0 Å². The average Bonchev–Trinajstić information content (AvgIpc) is 2.50. The lowest BCUT2D eigenvalue weighted by Gasteiger charge is -1.98. The lowest BCUT2D eigenvalue weighted by molar-refractivity contribution is 0.928. The van der Waals surface area contributed by atoms with Crippen LogP contribution in [-0.4, -0.2) is 26.6 Å². The first-order chi connectivity index (χ1) is 5.42. The summed E-state index contributed by atoms with van der Waals surface area (Å²) in [6, 6.07) is 1.80. The minimum Gasteiger partial charge on any atom is -0.357 e. The predicted octanol–water partition coefficient (Wildman–Crippen LogP) is 0.166. The van der Waals surface area contributed by atoms with Gasteiger partial charge in [-0.15, -0.1) is 0 Å². The van der Waals surface area contributed by atoms with Crippen molar-refractivity contribution < 1.29 is 0 Å². The van der Waals surface area contributed by atoms with Gasteiger partial charge in [0.1, 0.15) is 6.33 Å². The van der Waals surface area contributed by atoms with Crippen molar-refractivity contribution in [2.45, 2.75) is 0 Å². The molecule has 0 amide bonds. The van der Waals surface area contributed by atoms with E-state index in [0.717, 1.165) is 5.65 Å². The van der Waals surface area contributed by atoms with E-state index in [-0.39, 0.29) is 0 Å². The Kier molecular flexibility index (Phi) is 1.21. The molecule has 11 heavy (non-hydrogen) atoms. The first kappa shape index (κ1) is 6.09. The van der Waals surface area contributed by atoms with E-state index in [0.29, 0.717) is 5.95 Å². The molecule has 1 N–H and O–H groups in total. The topological polar surface area (TPSA) is 55.1 Å². The molecule has 0 saturated carbocycles. The molecule has 0 spiro atoms. The van der Waals surface area contributed by atoms with Gasteiger partial charge in [-0.05, 0) is 0 Å². The number of hydrogen-bond donors (Lipinski definition) is 1. The van der Waals surface area contributed by atoms with Crippen LogP contribution in [0.25, 0.3) is 5.65 Å². The monoisotopic (exact) mass is 149 g/mol. The van der Waals surface area contributed by atoms with Gasteiger partial charge in [-0.1, -0.05) is 0 Å². The third kappa shape index (κ3) is 0.813. The zero-order chi connectivity index (χ0) is 7.68. The average molecular weight is 149 g/mol. The number of nitrogens with zero attached hydrogens (tertiary/aromatic N) is 4. The lowest BCUT2D eigenvalue weighted by Crippen LogP contribution is -2.01. The minimum absolute atomic E-state index is 0.694. The van der Waals surface area contributed by atoms with Gasteiger partial charge in [0.05, 0.1) is 0 Å². The molecule has 0 radical (unpaired) electrons. The van der Waals surface area contributed by atoms with Crippen LogP contribution < -0.4 is 5.32 Å². The minimum atomic E-state index is 0.694. The Hall–Kier alpha value is -1.65. The van der Waals surface area contributed by atoms with Gasteiger partial charge in [-0.3, -0.25) is 0 Å². The van der Waals surface area contributed by atoms with Crippen molar-refractivity contribution in [2.24, 2.45) is 0 Å². The molecule has 0 bridgehead atoms. The standard InChI is InChI=1S/C6H7N5/c1-7-6-8-3-2-5-9-4-10-11(5)6/h2-4H,1H3,(H,7,8). The Labute approximate surface area is 63.1 Å². The molecule has 0 aromatic carbocycles. The number of anilines is 1. The van der Waals surface area contributed by atoms with Crippen molar-refractivity contribution in [3.05, 3.63) is 18.6 Å². The van der Waals surface area contributed by atoms with Gasteiger partial charge in [0.15, 0.2) is 5.65 Å². The molecule has 5 nitrogen and oxygen atoms in total. The largest absolute Gasteiger partial charge is 0.357 e. The summed E-state index contributed by atoms with van der Waals surface area (Å²) in [5.41, 5.74) is 0.796. The van der Waals surface area contributed by atoms with Gasteiger partial charge in [0.2, 0.25) is 5.95 Å². The predicted molar refractivity (Wildman–Crippen MR) is 40.3 cm³/mol. The molecule has 0 aliphatic carbocycles. The van der Waals surface area contributed by atoms with Crippen molar-refractivity contribution in [1.29, 1.82) is 0 Å². The molecule has 2 rings (SSSR count). The van der Waals surface area contributed by atoms with E-state index in [9.17, 15) is 0 Å². The number of nitrogens with one attached hydrogen (secondary N) is 1. The second kappa shape index (κ2) is 2.19. The van der Waals surface area contributed by atoms with Crippen LogP contribution in [0, 0.1) is 0 Å². The highest BCUT2D eigenvalue weighted by atomic mass is 15.3. The molecule has 56 valence electrons. The van der Waals surface area contributed by atoms with Crippen molar-refractivity contribution in [3.63, 3.8) is 0 Å². The van der Waals surface area contributed by atoms with Crippen LogP contribution in [0.3, 0.4) is 0 Å². The van der Waals surface area contributed by atoms with Crippen LogP contribution in [0.2, 0.25) is 0 Å². The fraction of sp³-hybridized carbons (Fsp3) is 0.167. The zero-order valence-electron chi connectivity index (χ0n) is 6.02. The fourth-order valence-corrected chi connectivity index (χ4v) is 0.927. The second-order valence-electron chi connectivity index (χ2n) is 2.05. The van der Waals surface area contributed by atoms with Crippen LogP contribution in [0.15, 0.2) is 18.6 Å². The molecule has 0 aliphatic rings. The Morgan fingerprint density at radius 1 is 1.45 bits per heavy atom. The Morgan fingerprint density at radius 3 is 3.18 bits per heavy atom. The first-order valence-electron chi connectivity index (χ1n) is 3.24. The Bertz CT molecular complexity index is 366. The summed E-state index contributed by atoms with van der Waals surface area (Å²) >= 11 is 0. The molecular weight excluding hydrogens is 142 g/mol. The number of rotatable bonds is 1. The second-order valence-corrected chi connectivity index (χ2v) is 2.05. The van der Waals surface area contributed by atoms with E-state index < -0.39 is 0 Å². The summed E-state index contributed by atoms with van der Waals surface area (Å²) in [6.07, 6.45) is 3.19. The maximum atomic E-state index is 4.05. The van der Waals surface area contributed by atoms with Crippen LogP contribution in [0.4, 0.5) is 5.95 Å². The molecular formula is C6H7N5. The third-order valence-electron chi connectivity index (χ3n) is 1.42. The van der Waals surface area contributed by atoms with Crippen molar-refractivity contribution >= 4 is 11.6 Å². The zero-order valence-corrected chi connectivity index (χ0v) is 6.02. The van der Waals surface area contributed by atoms with Gasteiger partial charge < -0.3 is 5.32 Å². The van der Waals surface area contributed by atoms with E-state index in [4.69, 9.17) is 0 Å². The smallest absolute Gasteiger partial charge is 0.225 e. The fourth-order valence-electron chi connectivity index (χ4n) is 0.927. The molecule has 2 aromatic rings. The molecule has 0 fully saturated rings. The summed E-state index contributed by atoms with van der Waals surface area (Å²) in [6.45, 7) is 0. The Morgan fingerprint density at radius 2 is 2.36 bits per heavy atom. The normalized spacial score (nSPS) is 10.3. The number of hydrogen-bond acceptors (Lipinski definition) is 4. The van der Waals surface area contributed by atoms with E-state index in [2.05, 4.69) is 20.4 Å². The highest BCUT2D eigenvalue weighted by Crippen LogP contribution is 2.02. The van der Waals surface area contributed by atoms with Gasteiger partial charge in [0, 0.05) is 19.3 Å². The summed E-state index contributed by atoms with van der Waals surface area (Å²) in [5, 5.41) is 6.88. The summed E-state index contributed by atoms with van der Waals surface area (Å²) in [4.78, 5) is 8.05.